The Bertz CT molecular complexity index is 667. The number of aryl methyl sites for hydroxylation is 1. The molecule has 136 valence electrons. The van der Waals surface area contributed by atoms with Gasteiger partial charge in [-0.3, -0.25) is 9.69 Å². The molecule has 0 aromatic heterocycles. The highest BCUT2D eigenvalue weighted by Gasteiger charge is 2.39. The number of nitrogens with zero attached hydrogens (tertiary/aromatic N) is 3. The molecule has 1 amide bonds. The van der Waals surface area contributed by atoms with E-state index in [-0.39, 0.29) is 16.5 Å². The number of halogens is 2. The van der Waals surface area contributed by atoms with Crippen LogP contribution in [0, 0.1) is 18.7 Å². The van der Waals surface area contributed by atoms with Crippen LogP contribution in [-0.2, 0) is 0 Å². The number of piperidine rings is 3. The Labute approximate surface area is 153 Å². The van der Waals surface area contributed by atoms with Gasteiger partial charge in [0, 0.05) is 38.8 Å². The quantitative estimate of drug-likeness (QED) is 0.806. The SMILES string of the molecule is Cc1ccc(F)c(C(=O)N2CCN([C@@H]3CN4CCC3CC4)CC2)c1Cl. The molecule has 25 heavy (non-hydrogen) atoms. The number of hydrogen-bond acceptors (Lipinski definition) is 3. The van der Waals surface area contributed by atoms with E-state index in [0.717, 1.165) is 31.1 Å². The molecule has 6 heteroatoms. The van der Waals surface area contributed by atoms with Crippen LogP contribution in [0.5, 0.6) is 0 Å². The van der Waals surface area contributed by atoms with Gasteiger partial charge in [-0.15, -0.1) is 0 Å². The van der Waals surface area contributed by atoms with Gasteiger partial charge >= 0.3 is 0 Å². The van der Waals surface area contributed by atoms with Crippen molar-refractivity contribution >= 4 is 17.5 Å². The van der Waals surface area contributed by atoms with Crippen LogP contribution in [0.25, 0.3) is 0 Å². The van der Waals surface area contributed by atoms with E-state index in [1.54, 1.807) is 17.9 Å². The predicted molar refractivity (Wildman–Crippen MR) is 96.6 cm³/mol. The number of carbonyl (C=O) groups excluding carboxylic acids is 1. The number of carbonyl (C=O) groups is 1. The van der Waals surface area contributed by atoms with E-state index in [1.807, 2.05) is 0 Å². The van der Waals surface area contributed by atoms with Crippen molar-refractivity contribution in [1.29, 1.82) is 0 Å². The maximum absolute atomic E-state index is 14.2. The van der Waals surface area contributed by atoms with E-state index in [9.17, 15) is 9.18 Å². The third kappa shape index (κ3) is 3.18. The first-order valence-electron chi connectivity index (χ1n) is 9.25. The van der Waals surface area contributed by atoms with Gasteiger partial charge in [0.05, 0.1) is 10.6 Å². The second kappa shape index (κ2) is 6.86. The Balaban J connectivity index is 1.42. The van der Waals surface area contributed by atoms with E-state index < -0.39 is 5.82 Å². The molecule has 0 unspecified atom stereocenters. The normalized spacial score (nSPS) is 29.9. The average molecular weight is 366 g/mol. The maximum atomic E-state index is 14.2. The highest BCUT2D eigenvalue weighted by atomic mass is 35.5. The molecule has 0 spiro atoms. The molecule has 0 N–H and O–H groups in total. The van der Waals surface area contributed by atoms with Crippen LogP contribution in [0.3, 0.4) is 0 Å². The Morgan fingerprint density at radius 2 is 1.80 bits per heavy atom. The lowest BCUT2D eigenvalue weighted by atomic mass is 9.83. The molecule has 2 bridgehead atoms. The van der Waals surface area contributed by atoms with Gasteiger partial charge < -0.3 is 9.80 Å². The van der Waals surface area contributed by atoms with Crippen LogP contribution in [0.15, 0.2) is 12.1 Å². The van der Waals surface area contributed by atoms with Crippen molar-refractivity contribution in [3.8, 4) is 0 Å². The van der Waals surface area contributed by atoms with E-state index in [1.165, 1.54) is 32.0 Å². The van der Waals surface area contributed by atoms with Gasteiger partial charge in [0.25, 0.3) is 5.91 Å². The van der Waals surface area contributed by atoms with Gasteiger partial charge in [-0.05, 0) is 50.4 Å². The summed E-state index contributed by atoms with van der Waals surface area (Å²) in [4.78, 5) is 19.6. The lowest BCUT2D eigenvalue weighted by molar-refractivity contribution is -0.0131. The van der Waals surface area contributed by atoms with Crippen LogP contribution in [-0.4, -0.2) is 72.5 Å². The molecule has 0 saturated carbocycles. The van der Waals surface area contributed by atoms with E-state index in [4.69, 9.17) is 11.6 Å². The summed E-state index contributed by atoms with van der Waals surface area (Å²) in [6.45, 7) is 8.46. The fourth-order valence-electron chi connectivity index (χ4n) is 4.61. The topological polar surface area (TPSA) is 26.8 Å². The minimum atomic E-state index is -0.527. The van der Waals surface area contributed by atoms with Crippen LogP contribution >= 0.6 is 11.6 Å². The Hall–Kier alpha value is -1.17. The first-order valence-corrected chi connectivity index (χ1v) is 9.62. The second-order valence-corrected chi connectivity index (χ2v) is 7.96. The minimum Gasteiger partial charge on any atom is -0.336 e. The molecule has 1 aromatic rings. The predicted octanol–water partition coefficient (Wildman–Crippen LogP) is 2.64. The average Bonchev–Trinajstić information content (AvgIpc) is 2.66. The van der Waals surface area contributed by atoms with Crippen molar-refractivity contribution in [2.75, 3.05) is 45.8 Å². The van der Waals surface area contributed by atoms with Crippen LogP contribution < -0.4 is 0 Å². The first kappa shape index (κ1) is 17.3. The molecule has 4 fully saturated rings. The second-order valence-electron chi connectivity index (χ2n) is 7.59. The molecule has 5 rings (SSSR count). The minimum absolute atomic E-state index is 0.0259. The molecule has 4 aliphatic rings. The van der Waals surface area contributed by atoms with Crippen molar-refractivity contribution in [3.05, 3.63) is 34.1 Å². The highest BCUT2D eigenvalue weighted by Crippen LogP contribution is 2.32. The number of hydrogen-bond donors (Lipinski definition) is 0. The Kier molecular flexibility index (Phi) is 4.73. The van der Waals surface area contributed by atoms with Crippen LogP contribution in [0.1, 0.15) is 28.8 Å². The summed E-state index contributed by atoms with van der Waals surface area (Å²) in [7, 11) is 0. The molecular formula is C19H25ClFN3O. The molecule has 4 aliphatic heterocycles. The van der Waals surface area contributed by atoms with Crippen molar-refractivity contribution in [3.63, 3.8) is 0 Å². The van der Waals surface area contributed by atoms with Crippen molar-refractivity contribution in [2.24, 2.45) is 5.92 Å². The number of rotatable bonds is 2. The van der Waals surface area contributed by atoms with E-state index >= 15 is 0 Å². The van der Waals surface area contributed by atoms with Gasteiger partial charge in [-0.2, -0.15) is 0 Å². The van der Waals surface area contributed by atoms with E-state index in [2.05, 4.69) is 9.80 Å². The largest absolute Gasteiger partial charge is 0.336 e. The smallest absolute Gasteiger partial charge is 0.258 e. The van der Waals surface area contributed by atoms with Gasteiger partial charge in [0.1, 0.15) is 5.82 Å². The lowest BCUT2D eigenvalue weighted by Crippen LogP contribution is -2.61. The highest BCUT2D eigenvalue weighted by molar-refractivity contribution is 6.34. The first-order chi connectivity index (χ1) is 12.0. The van der Waals surface area contributed by atoms with E-state index in [0.29, 0.717) is 19.1 Å². The standard InChI is InChI=1S/C19H25ClFN3O/c1-13-2-3-15(21)17(18(13)20)19(25)24-10-8-23(9-11-24)16-12-22-6-4-14(16)5-7-22/h2-3,14,16H,4-12H2,1H3/t16-/m1/s1. The lowest BCUT2D eigenvalue weighted by Gasteiger charge is -2.51. The molecule has 4 nitrogen and oxygen atoms in total. The van der Waals surface area contributed by atoms with Gasteiger partial charge in [0.15, 0.2) is 0 Å². The summed E-state index contributed by atoms with van der Waals surface area (Å²) in [5.41, 5.74) is 0.760. The fraction of sp³-hybridized carbons (Fsp3) is 0.632. The Morgan fingerprint density at radius 3 is 2.40 bits per heavy atom. The number of amides is 1. The monoisotopic (exact) mass is 365 g/mol. The molecule has 0 radical (unpaired) electrons. The van der Waals surface area contributed by atoms with Crippen LogP contribution in [0.4, 0.5) is 4.39 Å². The molecule has 1 atom stereocenters. The molecule has 1 aromatic carbocycles. The number of fused-ring (bicyclic) bond motifs is 3. The zero-order valence-corrected chi connectivity index (χ0v) is 15.4. The molecule has 0 aliphatic carbocycles. The summed E-state index contributed by atoms with van der Waals surface area (Å²) in [5.74, 6) is -0.00361. The summed E-state index contributed by atoms with van der Waals surface area (Å²) in [6.07, 6.45) is 2.60. The summed E-state index contributed by atoms with van der Waals surface area (Å²) in [6, 6.07) is 3.57. The summed E-state index contributed by atoms with van der Waals surface area (Å²) in [5, 5.41) is 0.241. The molecule has 4 saturated heterocycles. The summed E-state index contributed by atoms with van der Waals surface area (Å²) >= 11 is 6.20. The van der Waals surface area contributed by atoms with Gasteiger partial charge in [0.2, 0.25) is 0 Å². The molecular weight excluding hydrogens is 341 g/mol. The Morgan fingerprint density at radius 1 is 1.12 bits per heavy atom. The van der Waals surface area contributed by atoms with Crippen molar-refractivity contribution < 1.29 is 9.18 Å². The van der Waals surface area contributed by atoms with Crippen molar-refractivity contribution in [1.82, 2.24) is 14.7 Å². The third-order valence-corrected chi connectivity index (χ3v) is 6.68. The molecule has 4 heterocycles. The maximum Gasteiger partial charge on any atom is 0.258 e. The number of piperazine rings is 1. The zero-order valence-electron chi connectivity index (χ0n) is 14.7. The zero-order chi connectivity index (χ0) is 17.6. The van der Waals surface area contributed by atoms with Crippen LogP contribution in [0.2, 0.25) is 5.02 Å². The van der Waals surface area contributed by atoms with Gasteiger partial charge in [-0.25, -0.2) is 4.39 Å². The van der Waals surface area contributed by atoms with Crippen molar-refractivity contribution in [2.45, 2.75) is 25.8 Å². The summed E-state index contributed by atoms with van der Waals surface area (Å²) < 4.78 is 14.2. The fourth-order valence-corrected chi connectivity index (χ4v) is 4.85. The van der Waals surface area contributed by atoms with Gasteiger partial charge in [-0.1, -0.05) is 17.7 Å². The third-order valence-electron chi connectivity index (χ3n) is 6.19. The number of benzene rings is 1.